The van der Waals surface area contributed by atoms with Crippen LogP contribution in [0.2, 0.25) is 0 Å². The molecule has 0 bridgehead atoms. The Morgan fingerprint density at radius 3 is 2.95 bits per heavy atom. The van der Waals surface area contributed by atoms with Crippen LogP contribution in [-0.2, 0) is 11.3 Å². The number of imidazole rings is 1. The van der Waals surface area contributed by atoms with Gasteiger partial charge in [0, 0.05) is 10.1 Å². The Bertz CT molecular complexity index is 628. The highest BCUT2D eigenvalue weighted by Gasteiger charge is 2.15. The summed E-state index contributed by atoms with van der Waals surface area (Å²) in [6, 6.07) is 6.36. The number of rotatable bonds is 4. The number of benzene rings is 1. The van der Waals surface area contributed by atoms with E-state index in [0.717, 1.165) is 23.4 Å². The molecular weight excluding hydrogens is 371 g/mol. The van der Waals surface area contributed by atoms with Crippen molar-refractivity contribution < 1.29 is 4.74 Å². The minimum Gasteiger partial charge on any atom is -0.376 e. The van der Waals surface area contributed by atoms with Crippen LogP contribution in [0.15, 0.2) is 18.2 Å². The van der Waals surface area contributed by atoms with Crippen molar-refractivity contribution in [2.24, 2.45) is 0 Å². The molecule has 2 aromatic rings. The van der Waals surface area contributed by atoms with Gasteiger partial charge in [-0.05, 0) is 65.8 Å². The molecule has 0 saturated heterocycles. The summed E-state index contributed by atoms with van der Waals surface area (Å²) in [5, 5.41) is 0. The third-order valence-corrected chi connectivity index (χ3v) is 4.70. The van der Waals surface area contributed by atoms with Gasteiger partial charge in [-0.25, -0.2) is 0 Å². The molecule has 0 atom stereocenters. The number of fused-ring (bicyclic) bond motifs is 1. The van der Waals surface area contributed by atoms with Crippen LogP contribution in [0, 0.1) is 8.34 Å². The van der Waals surface area contributed by atoms with E-state index >= 15 is 0 Å². The van der Waals surface area contributed by atoms with E-state index < -0.39 is 0 Å². The third-order valence-electron chi connectivity index (χ3n) is 3.71. The molecule has 1 aliphatic carbocycles. The molecule has 102 valence electrons. The van der Waals surface area contributed by atoms with Gasteiger partial charge >= 0.3 is 0 Å². The second kappa shape index (κ2) is 5.93. The van der Waals surface area contributed by atoms with Crippen LogP contribution in [0.5, 0.6) is 0 Å². The lowest BCUT2D eigenvalue weighted by Gasteiger charge is -2.11. The van der Waals surface area contributed by atoms with Gasteiger partial charge in [-0.3, -0.25) is 0 Å². The van der Waals surface area contributed by atoms with E-state index in [0.29, 0.717) is 6.10 Å². The molecule has 19 heavy (non-hydrogen) atoms. The Labute approximate surface area is 131 Å². The van der Waals surface area contributed by atoms with Crippen LogP contribution >= 0.6 is 34.8 Å². The molecule has 0 spiro atoms. The van der Waals surface area contributed by atoms with Crippen LogP contribution in [0.3, 0.4) is 0 Å². The summed E-state index contributed by atoms with van der Waals surface area (Å²) < 4.78 is 10.1. The van der Waals surface area contributed by atoms with Crippen molar-refractivity contribution in [2.45, 2.75) is 38.3 Å². The molecular formula is C14H17IN2OS. The SMILES string of the molecule is S=c1[nH]c2cc(I)ccc2n1CCOC1CCCC1. The summed E-state index contributed by atoms with van der Waals surface area (Å²) >= 11 is 7.71. The zero-order chi connectivity index (χ0) is 13.2. The van der Waals surface area contributed by atoms with Crippen LogP contribution < -0.4 is 0 Å². The Kier molecular flexibility index (Phi) is 4.24. The van der Waals surface area contributed by atoms with Gasteiger partial charge in [0.05, 0.1) is 23.7 Å². The highest BCUT2D eigenvalue weighted by atomic mass is 127. The molecule has 0 amide bonds. The fourth-order valence-electron chi connectivity index (χ4n) is 2.72. The summed E-state index contributed by atoms with van der Waals surface area (Å²) in [5.41, 5.74) is 2.28. The number of nitrogens with one attached hydrogen (secondary N) is 1. The number of aromatic nitrogens is 2. The van der Waals surface area contributed by atoms with Gasteiger partial charge in [-0.1, -0.05) is 12.8 Å². The van der Waals surface area contributed by atoms with Gasteiger partial charge in [-0.15, -0.1) is 0 Å². The van der Waals surface area contributed by atoms with Crippen molar-refractivity contribution in [3.05, 3.63) is 26.5 Å². The average molecular weight is 388 g/mol. The highest BCUT2D eigenvalue weighted by Crippen LogP contribution is 2.21. The maximum atomic E-state index is 5.92. The normalized spacial score (nSPS) is 16.5. The highest BCUT2D eigenvalue weighted by molar-refractivity contribution is 14.1. The van der Waals surface area contributed by atoms with Gasteiger partial charge in [0.2, 0.25) is 0 Å². The molecule has 1 fully saturated rings. The molecule has 1 aromatic heterocycles. The molecule has 1 heterocycles. The second-order valence-electron chi connectivity index (χ2n) is 5.02. The minimum absolute atomic E-state index is 0.473. The first-order valence-electron chi connectivity index (χ1n) is 6.74. The van der Waals surface area contributed by atoms with Gasteiger partial charge in [0.1, 0.15) is 0 Å². The molecule has 3 nitrogen and oxygen atoms in total. The Morgan fingerprint density at radius 2 is 2.16 bits per heavy atom. The molecule has 1 saturated carbocycles. The predicted molar refractivity (Wildman–Crippen MR) is 88.0 cm³/mol. The summed E-state index contributed by atoms with van der Waals surface area (Å²) in [4.78, 5) is 3.26. The van der Waals surface area contributed by atoms with Crippen LogP contribution in [0.25, 0.3) is 11.0 Å². The first-order valence-corrected chi connectivity index (χ1v) is 8.22. The number of halogens is 1. The van der Waals surface area contributed by atoms with E-state index in [1.54, 1.807) is 0 Å². The van der Waals surface area contributed by atoms with Gasteiger partial charge in [0.15, 0.2) is 4.77 Å². The van der Waals surface area contributed by atoms with E-state index in [1.165, 1.54) is 34.8 Å². The molecule has 3 rings (SSSR count). The van der Waals surface area contributed by atoms with Gasteiger partial charge < -0.3 is 14.3 Å². The van der Waals surface area contributed by atoms with Crippen LogP contribution in [0.4, 0.5) is 0 Å². The van der Waals surface area contributed by atoms with Crippen molar-refractivity contribution in [3.63, 3.8) is 0 Å². The lowest BCUT2D eigenvalue weighted by molar-refractivity contribution is 0.0533. The monoisotopic (exact) mass is 388 g/mol. The zero-order valence-electron chi connectivity index (χ0n) is 10.7. The molecule has 0 aliphatic heterocycles. The van der Waals surface area contributed by atoms with Crippen molar-refractivity contribution in [1.82, 2.24) is 9.55 Å². The average Bonchev–Trinajstić information content (AvgIpc) is 2.98. The van der Waals surface area contributed by atoms with Crippen molar-refractivity contribution >= 4 is 45.8 Å². The van der Waals surface area contributed by atoms with Gasteiger partial charge in [-0.2, -0.15) is 0 Å². The summed E-state index contributed by atoms with van der Waals surface area (Å²) in [5.74, 6) is 0. The Morgan fingerprint density at radius 1 is 1.37 bits per heavy atom. The summed E-state index contributed by atoms with van der Waals surface area (Å²) in [6.07, 6.45) is 5.54. The summed E-state index contributed by atoms with van der Waals surface area (Å²) in [7, 11) is 0. The largest absolute Gasteiger partial charge is 0.376 e. The molecule has 5 heteroatoms. The van der Waals surface area contributed by atoms with E-state index in [4.69, 9.17) is 17.0 Å². The number of hydrogen-bond acceptors (Lipinski definition) is 2. The smallest absolute Gasteiger partial charge is 0.178 e. The van der Waals surface area contributed by atoms with Crippen molar-refractivity contribution in [1.29, 1.82) is 0 Å². The Hall–Kier alpha value is -0.400. The van der Waals surface area contributed by atoms with E-state index in [1.807, 2.05) is 0 Å². The lowest BCUT2D eigenvalue weighted by atomic mass is 10.3. The topological polar surface area (TPSA) is 29.9 Å². The minimum atomic E-state index is 0.473. The fraction of sp³-hybridized carbons (Fsp3) is 0.500. The number of nitrogens with zero attached hydrogens (tertiary/aromatic N) is 1. The molecule has 0 unspecified atom stereocenters. The van der Waals surface area contributed by atoms with Gasteiger partial charge in [0.25, 0.3) is 0 Å². The molecule has 1 aromatic carbocycles. The van der Waals surface area contributed by atoms with Crippen LogP contribution in [0.1, 0.15) is 25.7 Å². The fourth-order valence-corrected chi connectivity index (χ4v) is 3.51. The second-order valence-corrected chi connectivity index (χ2v) is 6.65. The summed E-state index contributed by atoms with van der Waals surface area (Å²) in [6.45, 7) is 1.58. The number of ether oxygens (including phenoxy) is 1. The maximum absolute atomic E-state index is 5.92. The van der Waals surface area contributed by atoms with Crippen molar-refractivity contribution in [2.75, 3.05) is 6.61 Å². The standard InChI is InChI=1S/C14H17IN2OS/c15-10-5-6-13-12(9-10)16-14(19)17(13)7-8-18-11-3-1-2-4-11/h5-6,9,11H,1-4,7-8H2,(H,16,19). The quantitative estimate of drug-likeness (QED) is 0.627. The number of H-pyrrole nitrogens is 1. The first kappa shape index (κ1) is 13.6. The number of hydrogen-bond donors (Lipinski definition) is 1. The van der Waals surface area contributed by atoms with Crippen LogP contribution in [-0.4, -0.2) is 22.3 Å². The van der Waals surface area contributed by atoms with E-state index in [-0.39, 0.29) is 0 Å². The molecule has 1 N–H and O–H groups in total. The number of aromatic amines is 1. The predicted octanol–water partition coefficient (Wildman–Crippen LogP) is 4.26. The lowest BCUT2D eigenvalue weighted by Crippen LogP contribution is -2.13. The Balaban J connectivity index is 1.73. The van der Waals surface area contributed by atoms with E-state index in [9.17, 15) is 0 Å². The first-order chi connectivity index (χ1) is 9.24. The third kappa shape index (κ3) is 3.03. The van der Waals surface area contributed by atoms with E-state index in [2.05, 4.69) is 50.3 Å². The molecule has 0 radical (unpaired) electrons. The maximum Gasteiger partial charge on any atom is 0.178 e. The van der Waals surface area contributed by atoms with Crippen molar-refractivity contribution in [3.8, 4) is 0 Å². The zero-order valence-corrected chi connectivity index (χ0v) is 13.7. The molecule has 1 aliphatic rings.